The first-order valence-electron chi connectivity index (χ1n) is 29.8. The second-order valence-electron chi connectivity index (χ2n) is 22.2. The number of aromatic nitrogens is 5. The van der Waals surface area contributed by atoms with Crippen molar-refractivity contribution in [3.63, 3.8) is 0 Å². The molecule has 0 aliphatic rings. The lowest BCUT2D eigenvalue weighted by molar-refractivity contribution is 0.971. The molecule has 4 heterocycles. The van der Waals surface area contributed by atoms with Crippen molar-refractivity contribution in [3.8, 4) is 17.5 Å². The predicted octanol–water partition coefficient (Wildman–Crippen LogP) is 21.3. The number of rotatable bonds is 12. The van der Waals surface area contributed by atoms with Crippen LogP contribution in [-0.4, -0.2) is 23.7 Å². The third-order valence-corrected chi connectivity index (χ3v) is 17.1. The van der Waals surface area contributed by atoms with E-state index >= 15 is 0 Å². The third-order valence-electron chi connectivity index (χ3n) is 17.1. The lowest BCUT2D eigenvalue weighted by Crippen LogP contribution is -2.10. The summed E-state index contributed by atoms with van der Waals surface area (Å²) in [5, 5.41) is 7.67. The van der Waals surface area contributed by atoms with E-state index in [1.165, 1.54) is 0 Å². The van der Waals surface area contributed by atoms with Crippen LogP contribution in [0.25, 0.3) is 93.8 Å². The van der Waals surface area contributed by atoms with Gasteiger partial charge in [0.2, 0.25) is 5.95 Å². The standard InChI is InChI=1S/C80H54N8/c1-7-25-55(26-8-1)83(56-27-9-2-10-28-56)61-45-49-76-69(51-61)66-38-20-22-40-73(66)86(76)63-44-48-72-71(53-63)79(87-74-41-23-21-39-67(74)70-52-62(46-50-77(70)87)84(57-29-11-3-12-30-57)58-31-13-4-14-32-58)82-80(81-72)88-75-42-24-19-37-65(75)68-47-43-64(54-78(68)88)85(59-33-15-5-16-34-59)60-35-17-6-18-36-60/h1-54H. The Kier molecular flexibility index (Phi) is 12.0. The molecule has 8 nitrogen and oxygen atoms in total. The van der Waals surface area contributed by atoms with Gasteiger partial charge in [0, 0.05) is 94.6 Å². The molecule has 0 fully saturated rings. The summed E-state index contributed by atoms with van der Waals surface area (Å²) in [6, 6.07) is 117. The highest BCUT2D eigenvalue weighted by Gasteiger charge is 2.25. The van der Waals surface area contributed by atoms with Crippen LogP contribution in [0.2, 0.25) is 0 Å². The van der Waals surface area contributed by atoms with Gasteiger partial charge in [0.05, 0.1) is 38.6 Å². The molecule has 414 valence electrons. The molecule has 0 saturated heterocycles. The minimum Gasteiger partial charge on any atom is -0.310 e. The number of fused-ring (bicyclic) bond motifs is 10. The van der Waals surface area contributed by atoms with Crippen LogP contribution in [0.1, 0.15) is 0 Å². The zero-order valence-corrected chi connectivity index (χ0v) is 47.8. The summed E-state index contributed by atoms with van der Waals surface area (Å²) in [6.07, 6.45) is 0. The summed E-state index contributed by atoms with van der Waals surface area (Å²) in [6.45, 7) is 0. The van der Waals surface area contributed by atoms with Crippen molar-refractivity contribution in [1.29, 1.82) is 0 Å². The first-order valence-corrected chi connectivity index (χ1v) is 29.8. The van der Waals surface area contributed by atoms with E-state index in [2.05, 4.69) is 356 Å². The molecule has 0 unspecified atom stereocenters. The molecule has 0 saturated carbocycles. The molecule has 17 rings (SSSR count). The van der Waals surface area contributed by atoms with E-state index in [0.717, 1.165) is 139 Å². The summed E-state index contributed by atoms with van der Waals surface area (Å²) in [4.78, 5) is 18.6. The first kappa shape index (κ1) is 50.5. The van der Waals surface area contributed by atoms with Gasteiger partial charge in [0.1, 0.15) is 0 Å². The zero-order valence-electron chi connectivity index (χ0n) is 47.8. The van der Waals surface area contributed by atoms with Crippen molar-refractivity contribution in [2.75, 3.05) is 14.7 Å². The lowest BCUT2D eigenvalue weighted by atomic mass is 10.1. The second kappa shape index (κ2) is 21.0. The van der Waals surface area contributed by atoms with Gasteiger partial charge in [-0.2, -0.15) is 4.98 Å². The van der Waals surface area contributed by atoms with E-state index in [0.29, 0.717) is 5.95 Å². The van der Waals surface area contributed by atoms with Crippen molar-refractivity contribution < 1.29 is 0 Å². The molecule has 0 atom stereocenters. The predicted molar refractivity (Wildman–Crippen MR) is 367 cm³/mol. The monoisotopic (exact) mass is 1130 g/mol. The topological polar surface area (TPSA) is 50.3 Å². The SMILES string of the molecule is c1ccc(N(c2ccccc2)c2ccc3c(c2)c2ccccc2n3-c2ccc3nc(-n4c5ccccc5c5ccc(N(c6ccccc6)c6ccccc6)cc54)nc(-n4c5ccccc5c5cc(N(c6ccccc6)c6ccccc6)ccc54)c3c2)cc1. The number of hydrogen-bond donors (Lipinski definition) is 0. The molecular weight excluding hydrogens is 1070 g/mol. The maximum Gasteiger partial charge on any atom is 0.237 e. The highest BCUT2D eigenvalue weighted by molar-refractivity contribution is 6.14. The Balaban J connectivity index is 0.921. The average molecular weight is 1130 g/mol. The van der Waals surface area contributed by atoms with E-state index in [4.69, 9.17) is 9.97 Å². The van der Waals surface area contributed by atoms with Gasteiger partial charge in [-0.3, -0.25) is 9.13 Å². The number of anilines is 9. The number of benzene rings is 13. The van der Waals surface area contributed by atoms with Crippen LogP contribution in [0, 0.1) is 0 Å². The normalized spacial score (nSPS) is 11.6. The first-order chi connectivity index (χ1) is 43.7. The van der Waals surface area contributed by atoms with Crippen molar-refractivity contribution in [2.45, 2.75) is 0 Å². The van der Waals surface area contributed by atoms with Gasteiger partial charge in [0.25, 0.3) is 0 Å². The van der Waals surface area contributed by atoms with Crippen LogP contribution in [0.4, 0.5) is 51.2 Å². The molecular formula is C80H54N8. The third kappa shape index (κ3) is 8.37. The Morgan fingerprint density at radius 3 is 1.00 bits per heavy atom. The van der Waals surface area contributed by atoms with Crippen molar-refractivity contribution in [3.05, 3.63) is 328 Å². The summed E-state index contributed by atoms with van der Waals surface area (Å²) < 4.78 is 7.04. The molecule has 0 radical (unpaired) electrons. The van der Waals surface area contributed by atoms with Crippen molar-refractivity contribution >= 4 is 128 Å². The molecule has 88 heavy (non-hydrogen) atoms. The van der Waals surface area contributed by atoms with Gasteiger partial charge in [-0.05, 0) is 158 Å². The van der Waals surface area contributed by atoms with Crippen LogP contribution in [-0.2, 0) is 0 Å². The number of hydrogen-bond acceptors (Lipinski definition) is 5. The van der Waals surface area contributed by atoms with Crippen molar-refractivity contribution in [2.24, 2.45) is 0 Å². The van der Waals surface area contributed by atoms with Gasteiger partial charge < -0.3 is 19.3 Å². The van der Waals surface area contributed by atoms with Gasteiger partial charge in [0.15, 0.2) is 5.82 Å². The van der Waals surface area contributed by atoms with Gasteiger partial charge in [-0.25, -0.2) is 4.98 Å². The molecule has 0 spiro atoms. The van der Waals surface area contributed by atoms with Gasteiger partial charge in [-0.1, -0.05) is 170 Å². The highest BCUT2D eigenvalue weighted by atomic mass is 15.2. The summed E-state index contributed by atoms with van der Waals surface area (Å²) >= 11 is 0. The fourth-order valence-electron chi connectivity index (χ4n) is 13.3. The van der Waals surface area contributed by atoms with Crippen LogP contribution >= 0.6 is 0 Å². The fourth-order valence-corrected chi connectivity index (χ4v) is 13.3. The molecule has 0 aliphatic heterocycles. The molecule has 8 heteroatoms. The summed E-state index contributed by atoms with van der Waals surface area (Å²) in [7, 11) is 0. The Morgan fingerprint density at radius 1 is 0.205 bits per heavy atom. The second-order valence-corrected chi connectivity index (χ2v) is 22.2. The molecule has 17 aromatic rings. The van der Waals surface area contributed by atoms with Gasteiger partial charge in [-0.15, -0.1) is 0 Å². The quantitative estimate of drug-likeness (QED) is 0.122. The fraction of sp³-hybridized carbons (Fsp3) is 0. The van der Waals surface area contributed by atoms with Crippen LogP contribution in [0.5, 0.6) is 0 Å². The minimum atomic E-state index is 0.567. The highest BCUT2D eigenvalue weighted by Crippen LogP contribution is 2.45. The average Bonchev–Trinajstić information content (AvgIpc) is 2.88. The van der Waals surface area contributed by atoms with E-state index in [1.54, 1.807) is 0 Å². The molecule has 4 aromatic heterocycles. The lowest BCUT2D eigenvalue weighted by Gasteiger charge is -2.25. The Bertz CT molecular complexity index is 5330. The Labute approximate surface area is 508 Å². The summed E-state index contributed by atoms with van der Waals surface area (Å²) in [5.74, 6) is 1.34. The maximum absolute atomic E-state index is 5.94. The molecule has 13 aromatic carbocycles. The summed E-state index contributed by atoms with van der Waals surface area (Å²) in [5.41, 5.74) is 17.7. The largest absolute Gasteiger partial charge is 0.310 e. The smallest absolute Gasteiger partial charge is 0.237 e. The Morgan fingerprint density at radius 2 is 0.545 bits per heavy atom. The van der Waals surface area contributed by atoms with E-state index in [1.807, 2.05) is 0 Å². The molecule has 0 bridgehead atoms. The van der Waals surface area contributed by atoms with E-state index in [-0.39, 0.29) is 0 Å². The van der Waals surface area contributed by atoms with Crippen LogP contribution in [0.3, 0.4) is 0 Å². The van der Waals surface area contributed by atoms with Gasteiger partial charge >= 0.3 is 0 Å². The molecule has 0 N–H and O–H groups in total. The minimum absolute atomic E-state index is 0.567. The Hall–Kier alpha value is -12.0. The van der Waals surface area contributed by atoms with E-state index in [9.17, 15) is 0 Å². The van der Waals surface area contributed by atoms with Crippen LogP contribution < -0.4 is 14.7 Å². The molecule has 0 amide bonds. The molecule has 0 aliphatic carbocycles. The van der Waals surface area contributed by atoms with Crippen molar-refractivity contribution in [1.82, 2.24) is 23.7 Å². The van der Waals surface area contributed by atoms with Crippen LogP contribution in [0.15, 0.2) is 328 Å². The van der Waals surface area contributed by atoms with E-state index < -0.39 is 0 Å². The number of para-hydroxylation sites is 9. The number of nitrogens with zero attached hydrogens (tertiary/aromatic N) is 8. The zero-order chi connectivity index (χ0) is 58.1. The maximum atomic E-state index is 5.94.